The number of nitrogens with zero attached hydrogens (tertiary/aromatic N) is 5. The minimum Gasteiger partial charge on any atom is -0.324 e. The molecule has 2 aromatic carbocycles. The topological polar surface area (TPSA) is 74.2 Å². The van der Waals surface area contributed by atoms with Crippen molar-refractivity contribution in [3.8, 4) is 0 Å². The normalized spacial score (nSPS) is 15.0. The second-order valence-electron chi connectivity index (χ2n) is 7.89. The van der Waals surface area contributed by atoms with E-state index in [2.05, 4.69) is 56.4 Å². The van der Waals surface area contributed by atoms with Gasteiger partial charge in [0.25, 0.3) is 0 Å². The number of aryl methyl sites for hydroxylation is 2. The first kappa shape index (κ1) is 18.5. The molecular formula is C23H24N6O. The number of nitrogens with one attached hydrogen (secondary N) is 1. The molecule has 0 saturated heterocycles. The average molecular weight is 400 g/mol. The zero-order valence-corrected chi connectivity index (χ0v) is 17.2. The van der Waals surface area contributed by atoms with Gasteiger partial charge >= 0.3 is 0 Å². The molecule has 3 heterocycles. The number of hydrogen-bond donors (Lipinski definition) is 1. The van der Waals surface area contributed by atoms with Crippen LogP contribution in [0.25, 0.3) is 0 Å². The molecule has 0 spiro atoms. The molecule has 3 aromatic rings. The van der Waals surface area contributed by atoms with Gasteiger partial charge < -0.3 is 15.1 Å². The summed E-state index contributed by atoms with van der Waals surface area (Å²) < 4.78 is 0. The molecule has 152 valence electrons. The number of aromatic nitrogens is 3. The molecule has 5 rings (SSSR count). The predicted molar refractivity (Wildman–Crippen MR) is 118 cm³/mol. The van der Waals surface area contributed by atoms with E-state index < -0.39 is 0 Å². The third kappa shape index (κ3) is 3.36. The Bertz CT molecular complexity index is 1130. The Morgan fingerprint density at radius 2 is 1.83 bits per heavy atom. The van der Waals surface area contributed by atoms with Crippen molar-refractivity contribution in [3.05, 3.63) is 59.4 Å². The Balaban J connectivity index is 1.40. The summed E-state index contributed by atoms with van der Waals surface area (Å²) in [6, 6.07) is 12.5. The third-order valence-electron chi connectivity index (χ3n) is 5.77. The van der Waals surface area contributed by atoms with Crippen LogP contribution in [0.4, 0.5) is 29.0 Å². The summed E-state index contributed by atoms with van der Waals surface area (Å²) in [4.78, 5) is 29.2. The highest BCUT2D eigenvalue weighted by molar-refractivity contribution is 5.94. The number of amides is 1. The van der Waals surface area contributed by atoms with E-state index in [0.717, 1.165) is 49.3 Å². The molecule has 2 aliphatic heterocycles. The fraction of sp³-hybridized carbons (Fsp3) is 0.304. The minimum absolute atomic E-state index is 0.0774. The lowest BCUT2D eigenvalue weighted by atomic mass is 10.00. The van der Waals surface area contributed by atoms with Crippen LogP contribution < -0.4 is 15.1 Å². The maximum absolute atomic E-state index is 11.8. The van der Waals surface area contributed by atoms with Crippen LogP contribution in [-0.4, -0.2) is 33.9 Å². The summed E-state index contributed by atoms with van der Waals surface area (Å²) in [5, 5.41) is 3.30. The number of carbonyl (C=O) groups excluding carboxylic acids is 1. The van der Waals surface area contributed by atoms with Crippen molar-refractivity contribution in [2.75, 3.05) is 28.2 Å². The molecule has 0 aliphatic carbocycles. The van der Waals surface area contributed by atoms with Crippen molar-refractivity contribution < 1.29 is 4.79 Å². The van der Waals surface area contributed by atoms with E-state index in [0.29, 0.717) is 11.9 Å². The first-order valence-electron chi connectivity index (χ1n) is 10.3. The number of benzene rings is 2. The van der Waals surface area contributed by atoms with Crippen LogP contribution in [0.1, 0.15) is 30.0 Å². The summed E-state index contributed by atoms with van der Waals surface area (Å²) in [7, 11) is 0. The maximum Gasteiger partial charge on any atom is 0.234 e. The van der Waals surface area contributed by atoms with Crippen LogP contribution in [-0.2, 0) is 17.6 Å². The Morgan fingerprint density at radius 1 is 1.00 bits per heavy atom. The summed E-state index contributed by atoms with van der Waals surface area (Å²) in [6.07, 6.45) is 4.56. The number of carbonyl (C=O) groups is 1. The lowest BCUT2D eigenvalue weighted by Gasteiger charge is -2.29. The van der Waals surface area contributed by atoms with Crippen LogP contribution in [0.5, 0.6) is 0 Å². The molecule has 0 saturated carbocycles. The van der Waals surface area contributed by atoms with Gasteiger partial charge in [-0.2, -0.15) is 4.98 Å². The molecule has 2 aliphatic rings. The fourth-order valence-corrected chi connectivity index (χ4v) is 4.35. The lowest BCUT2D eigenvalue weighted by Crippen LogP contribution is -2.26. The van der Waals surface area contributed by atoms with Crippen LogP contribution >= 0.6 is 0 Å². The molecule has 0 atom stereocenters. The van der Waals surface area contributed by atoms with Crippen molar-refractivity contribution in [1.82, 2.24) is 15.0 Å². The van der Waals surface area contributed by atoms with Crippen LogP contribution in [0, 0.1) is 6.92 Å². The number of fused-ring (bicyclic) bond motifs is 2. The quantitative estimate of drug-likeness (QED) is 0.718. The molecule has 0 radical (unpaired) electrons. The fourth-order valence-electron chi connectivity index (χ4n) is 4.35. The second kappa shape index (κ2) is 7.40. The van der Waals surface area contributed by atoms with E-state index in [1.807, 2.05) is 17.0 Å². The van der Waals surface area contributed by atoms with Crippen molar-refractivity contribution >= 4 is 34.9 Å². The summed E-state index contributed by atoms with van der Waals surface area (Å²) in [5.74, 6) is 1.25. The molecular weight excluding hydrogens is 376 g/mol. The number of anilines is 5. The van der Waals surface area contributed by atoms with Crippen molar-refractivity contribution in [3.63, 3.8) is 0 Å². The van der Waals surface area contributed by atoms with Crippen molar-refractivity contribution in [1.29, 1.82) is 0 Å². The molecule has 1 aromatic heterocycles. The first-order valence-corrected chi connectivity index (χ1v) is 10.3. The molecule has 0 unspecified atom stereocenters. The van der Waals surface area contributed by atoms with Gasteiger partial charge in [-0.3, -0.25) is 4.79 Å². The summed E-state index contributed by atoms with van der Waals surface area (Å²) >= 11 is 0. The van der Waals surface area contributed by atoms with Gasteiger partial charge in [-0.05, 0) is 61.6 Å². The Hall–Kier alpha value is -3.48. The third-order valence-corrected chi connectivity index (χ3v) is 5.77. The zero-order chi connectivity index (χ0) is 20.7. The molecule has 0 bridgehead atoms. The van der Waals surface area contributed by atoms with Gasteiger partial charge in [0, 0.05) is 37.1 Å². The van der Waals surface area contributed by atoms with E-state index in [1.165, 1.54) is 16.8 Å². The maximum atomic E-state index is 11.8. The van der Waals surface area contributed by atoms with Gasteiger partial charge in [-0.25, -0.2) is 9.97 Å². The van der Waals surface area contributed by atoms with Gasteiger partial charge in [0.2, 0.25) is 17.8 Å². The minimum atomic E-state index is 0.0774. The van der Waals surface area contributed by atoms with E-state index >= 15 is 0 Å². The average Bonchev–Trinajstić information content (AvgIpc) is 3.17. The van der Waals surface area contributed by atoms with E-state index in [4.69, 9.17) is 0 Å². The van der Waals surface area contributed by atoms with Crippen molar-refractivity contribution in [2.45, 2.75) is 33.1 Å². The van der Waals surface area contributed by atoms with E-state index in [-0.39, 0.29) is 5.91 Å². The van der Waals surface area contributed by atoms with Crippen LogP contribution in [0.3, 0.4) is 0 Å². The highest BCUT2D eigenvalue weighted by Crippen LogP contribution is 2.33. The number of rotatable bonds is 3. The largest absolute Gasteiger partial charge is 0.324 e. The zero-order valence-electron chi connectivity index (χ0n) is 17.2. The molecule has 7 nitrogen and oxygen atoms in total. The number of hydrogen-bond acceptors (Lipinski definition) is 6. The van der Waals surface area contributed by atoms with Gasteiger partial charge in [-0.15, -0.1) is 0 Å². The standard InChI is InChI=1S/C23H24N6O/c1-15-5-7-21-17(12-15)4-3-10-29(21)23-25-14-24-22(27-23)26-19-6-8-20-18(13-19)9-11-28(20)16(2)30/h5-8,12-14H,3-4,9-11H2,1-2H3,(H,24,25,26,27). The van der Waals surface area contributed by atoms with Crippen LogP contribution in [0.15, 0.2) is 42.7 Å². The first-order chi connectivity index (χ1) is 14.6. The van der Waals surface area contributed by atoms with Crippen LogP contribution in [0.2, 0.25) is 0 Å². The monoisotopic (exact) mass is 400 g/mol. The van der Waals surface area contributed by atoms with Gasteiger partial charge in [-0.1, -0.05) is 17.7 Å². The van der Waals surface area contributed by atoms with Gasteiger partial charge in [0.15, 0.2) is 0 Å². The van der Waals surface area contributed by atoms with E-state index in [9.17, 15) is 4.79 Å². The van der Waals surface area contributed by atoms with Crippen molar-refractivity contribution in [2.24, 2.45) is 0 Å². The van der Waals surface area contributed by atoms with Gasteiger partial charge in [0.05, 0.1) is 0 Å². The molecule has 1 N–H and O–H groups in total. The smallest absolute Gasteiger partial charge is 0.234 e. The molecule has 0 fully saturated rings. The molecule has 1 amide bonds. The summed E-state index contributed by atoms with van der Waals surface area (Å²) in [5.41, 5.74) is 6.84. The predicted octanol–water partition coefficient (Wildman–Crippen LogP) is 3.92. The highest BCUT2D eigenvalue weighted by Gasteiger charge is 2.23. The SMILES string of the molecule is CC(=O)N1CCc2cc(Nc3ncnc(N4CCCc5cc(C)ccc54)n3)ccc21. The molecule has 30 heavy (non-hydrogen) atoms. The highest BCUT2D eigenvalue weighted by atomic mass is 16.2. The van der Waals surface area contributed by atoms with E-state index in [1.54, 1.807) is 13.3 Å². The molecule has 7 heteroatoms. The Kier molecular flexibility index (Phi) is 4.58. The lowest BCUT2D eigenvalue weighted by molar-refractivity contribution is -0.116. The Labute approximate surface area is 175 Å². The second-order valence-corrected chi connectivity index (χ2v) is 7.89. The Morgan fingerprint density at radius 3 is 2.70 bits per heavy atom. The summed E-state index contributed by atoms with van der Waals surface area (Å²) in [6.45, 7) is 5.35. The van der Waals surface area contributed by atoms with Gasteiger partial charge in [0.1, 0.15) is 6.33 Å².